The fourth-order valence-corrected chi connectivity index (χ4v) is 5.38. The average molecular weight is 432 g/mol. The lowest BCUT2D eigenvalue weighted by molar-refractivity contribution is -0.144. The molecule has 8 heteroatoms. The number of nitrogens with two attached hydrogens (primary N) is 1. The Bertz CT molecular complexity index is 1130. The summed E-state index contributed by atoms with van der Waals surface area (Å²) in [5, 5.41) is 2.45. The first-order valence-corrected chi connectivity index (χ1v) is 10.9. The molecule has 3 aliphatic heterocycles. The highest BCUT2D eigenvalue weighted by Gasteiger charge is 2.62. The summed E-state index contributed by atoms with van der Waals surface area (Å²) in [5.41, 5.74) is 6.45. The van der Waals surface area contributed by atoms with E-state index in [2.05, 4.69) is 10.2 Å². The van der Waals surface area contributed by atoms with Gasteiger partial charge in [0, 0.05) is 17.8 Å². The van der Waals surface area contributed by atoms with Gasteiger partial charge in [0.15, 0.2) is 5.41 Å². The molecule has 3 heterocycles. The molecule has 0 aromatic heterocycles. The predicted molar refractivity (Wildman–Crippen MR) is 118 cm³/mol. The third-order valence-corrected chi connectivity index (χ3v) is 6.92. The highest BCUT2D eigenvalue weighted by atomic mass is 16.2. The number of para-hydroxylation sites is 1. The first kappa shape index (κ1) is 20.2. The lowest BCUT2D eigenvalue weighted by Crippen LogP contribution is -2.72. The van der Waals surface area contributed by atoms with Crippen molar-refractivity contribution in [3.63, 3.8) is 0 Å². The van der Waals surface area contributed by atoms with Gasteiger partial charge in [-0.3, -0.25) is 19.7 Å². The van der Waals surface area contributed by atoms with Gasteiger partial charge in [-0.05, 0) is 55.2 Å². The summed E-state index contributed by atoms with van der Waals surface area (Å²) in [6.45, 7) is 0.755. The molecule has 0 radical (unpaired) electrons. The molecule has 8 nitrogen and oxygen atoms in total. The van der Waals surface area contributed by atoms with Crippen molar-refractivity contribution < 1.29 is 19.2 Å². The zero-order valence-corrected chi connectivity index (χ0v) is 17.5. The minimum atomic E-state index is -1.41. The SMILES string of the molecule is NC(=O)c1ccc(N2C(=O)NC(=O)[C@]3(Cc4ccccc4N4CCCCC[C@H]43)C2=O)cc1. The number of barbiturate groups is 1. The van der Waals surface area contributed by atoms with Crippen molar-refractivity contribution in [3.8, 4) is 0 Å². The largest absolute Gasteiger partial charge is 0.367 e. The van der Waals surface area contributed by atoms with E-state index in [-0.39, 0.29) is 18.0 Å². The zero-order chi connectivity index (χ0) is 22.5. The number of rotatable bonds is 2. The molecule has 32 heavy (non-hydrogen) atoms. The van der Waals surface area contributed by atoms with Gasteiger partial charge in [-0.15, -0.1) is 0 Å². The number of primary amides is 1. The number of hydrogen-bond donors (Lipinski definition) is 2. The number of nitrogens with zero attached hydrogens (tertiary/aromatic N) is 2. The molecule has 5 amide bonds. The van der Waals surface area contributed by atoms with Crippen LogP contribution in [-0.2, 0) is 16.0 Å². The predicted octanol–water partition coefficient (Wildman–Crippen LogP) is 2.36. The van der Waals surface area contributed by atoms with Crippen molar-refractivity contribution >= 4 is 35.1 Å². The second-order valence-electron chi connectivity index (χ2n) is 8.65. The maximum atomic E-state index is 14.0. The van der Waals surface area contributed by atoms with Crippen LogP contribution < -0.4 is 20.9 Å². The second-order valence-corrected chi connectivity index (χ2v) is 8.65. The number of carbonyl (C=O) groups is 4. The van der Waals surface area contributed by atoms with Crippen LogP contribution in [0, 0.1) is 5.41 Å². The maximum Gasteiger partial charge on any atom is 0.335 e. The van der Waals surface area contributed by atoms with Crippen LogP contribution in [0.1, 0.15) is 41.6 Å². The molecule has 2 saturated heterocycles. The summed E-state index contributed by atoms with van der Waals surface area (Å²) < 4.78 is 0. The molecule has 0 aliphatic carbocycles. The van der Waals surface area contributed by atoms with Gasteiger partial charge >= 0.3 is 6.03 Å². The number of benzene rings is 2. The summed E-state index contributed by atoms with van der Waals surface area (Å²) in [6, 6.07) is 12.7. The van der Waals surface area contributed by atoms with Gasteiger partial charge in [-0.1, -0.05) is 31.0 Å². The summed E-state index contributed by atoms with van der Waals surface area (Å²) in [4.78, 5) is 54.9. The Morgan fingerprint density at radius 1 is 1.00 bits per heavy atom. The van der Waals surface area contributed by atoms with E-state index >= 15 is 0 Å². The molecule has 164 valence electrons. The maximum absolute atomic E-state index is 14.0. The molecular weight excluding hydrogens is 408 g/mol. The monoisotopic (exact) mass is 432 g/mol. The van der Waals surface area contributed by atoms with Gasteiger partial charge in [0.25, 0.3) is 5.91 Å². The third kappa shape index (κ3) is 2.90. The molecule has 0 saturated carbocycles. The molecule has 0 bridgehead atoms. The molecule has 0 unspecified atom stereocenters. The number of carbonyl (C=O) groups excluding carboxylic acids is 4. The molecule has 1 spiro atoms. The quantitative estimate of drug-likeness (QED) is 0.708. The molecule has 2 aromatic rings. The Balaban J connectivity index is 1.63. The van der Waals surface area contributed by atoms with Crippen LogP contribution in [-0.4, -0.2) is 36.3 Å². The molecule has 2 fully saturated rings. The minimum Gasteiger partial charge on any atom is -0.367 e. The van der Waals surface area contributed by atoms with E-state index in [1.807, 2.05) is 24.3 Å². The number of nitrogens with one attached hydrogen (secondary N) is 1. The number of hydrogen-bond acceptors (Lipinski definition) is 5. The van der Waals surface area contributed by atoms with Gasteiger partial charge in [0.05, 0.1) is 11.7 Å². The van der Waals surface area contributed by atoms with Crippen LogP contribution in [0.15, 0.2) is 48.5 Å². The van der Waals surface area contributed by atoms with Crippen LogP contribution >= 0.6 is 0 Å². The van der Waals surface area contributed by atoms with Crippen LogP contribution in [0.3, 0.4) is 0 Å². The molecule has 5 rings (SSSR count). The van der Waals surface area contributed by atoms with Gasteiger partial charge in [0.1, 0.15) is 0 Å². The topological polar surface area (TPSA) is 113 Å². The number of urea groups is 1. The first-order chi connectivity index (χ1) is 15.4. The second kappa shape index (κ2) is 7.47. The van der Waals surface area contributed by atoms with E-state index in [9.17, 15) is 19.2 Å². The number of fused-ring (bicyclic) bond motifs is 4. The van der Waals surface area contributed by atoms with Crippen molar-refractivity contribution in [2.45, 2.75) is 38.1 Å². The highest BCUT2D eigenvalue weighted by molar-refractivity contribution is 6.30. The van der Waals surface area contributed by atoms with E-state index < -0.39 is 29.2 Å². The summed E-state index contributed by atoms with van der Waals surface area (Å²) >= 11 is 0. The molecule has 3 N–H and O–H groups in total. The lowest BCUT2D eigenvalue weighted by atomic mass is 9.67. The smallest absolute Gasteiger partial charge is 0.335 e. The van der Waals surface area contributed by atoms with Crippen LogP contribution in [0.25, 0.3) is 0 Å². The van der Waals surface area contributed by atoms with Gasteiger partial charge in [-0.2, -0.15) is 0 Å². The van der Waals surface area contributed by atoms with Crippen LogP contribution in [0.4, 0.5) is 16.2 Å². The molecule has 3 aliphatic rings. The van der Waals surface area contributed by atoms with Crippen molar-refractivity contribution in [3.05, 3.63) is 59.7 Å². The van der Waals surface area contributed by atoms with E-state index in [1.54, 1.807) is 0 Å². The van der Waals surface area contributed by atoms with E-state index in [4.69, 9.17) is 5.73 Å². The minimum absolute atomic E-state index is 0.234. The van der Waals surface area contributed by atoms with E-state index in [0.29, 0.717) is 12.1 Å². The Labute approximate surface area is 185 Å². The zero-order valence-electron chi connectivity index (χ0n) is 17.5. The first-order valence-electron chi connectivity index (χ1n) is 10.9. The molecule has 2 atom stereocenters. The van der Waals surface area contributed by atoms with Crippen molar-refractivity contribution in [1.82, 2.24) is 5.32 Å². The van der Waals surface area contributed by atoms with Crippen molar-refractivity contribution in [1.29, 1.82) is 0 Å². The number of anilines is 2. The van der Waals surface area contributed by atoms with Crippen LogP contribution in [0.2, 0.25) is 0 Å². The van der Waals surface area contributed by atoms with Gasteiger partial charge in [-0.25, -0.2) is 9.69 Å². The molecule has 2 aromatic carbocycles. The lowest BCUT2D eigenvalue weighted by Gasteiger charge is -2.51. The Morgan fingerprint density at radius 2 is 1.75 bits per heavy atom. The standard InChI is InChI=1S/C24H24N4O4/c25-20(29)15-9-11-17(12-10-15)28-22(31)24(21(30)26-23(28)32)14-16-6-3-4-7-18(16)27-13-5-1-2-8-19(24)27/h3-4,6-7,9-12,19H,1-2,5,8,13-14H2,(H2,25,29)(H,26,30,32)/t19-,24+/m0/s1. The fraction of sp³-hybridized carbons (Fsp3) is 0.333. The summed E-state index contributed by atoms with van der Waals surface area (Å²) in [6.07, 6.45) is 3.84. The van der Waals surface area contributed by atoms with Gasteiger partial charge in [0.2, 0.25) is 11.8 Å². The Kier molecular flexibility index (Phi) is 4.73. The Morgan fingerprint density at radius 3 is 2.50 bits per heavy atom. The summed E-state index contributed by atoms with van der Waals surface area (Å²) in [5.74, 6) is -1.66. The van der Waals surface area contributed by atoms with Crippen LogP contribution in [0.5, 0.6) is 0 Å². The number of amides is 5. The van der Waals surface area contributed by atoms with Crippen molar-refractivity contribution in [2.24, 2.45) is 11.1 Å². The van der Waals surface area contributed by atoms with E-state index in [0.717, 1.165) is 42.0 Å². The third-order valence-electron chi connectivity index (χ3n) is 6.92. The highest BCUT2D eigenvalue weighted by Crippen LogP contribution is 2.47. The molecular formula is C24H24N4O4. The fourth-order valence-electron chi connectivity index (χ4n) is 5.38. The van der Waals surface area contributed by atoms with Gasteiger partial charge < -0.3 is 10.6 Å². The normalized spacial score (nSPS) is 25.1. The summed E-state index contributed by atoms with van der Waals surface area (Å²) in [7, 11) is 0. The van der Waals surface area contributed by atoms with E-state index in [1.165, 1.54) is 24.3 Å². The average Bonchev–Trinajstić information content (AvgIpc) is 3.05. The van der Waals surface area contributed by atoms with Crippen molar-refractivity contribution in [2.75, 3.05) is 16.3 Å². The number of imide groups is 2. The Hall–Kier alpha value is -3.68.